The van der Waals surface area contributed by atoms with Gasteiger partial charge in [0, 0.05) is 19.5 Å². The van der Waals surface area contributed by atoms with Crippen LogP contribution >= 0.6 is 0 Å². The van der Waals surface area contributed by atoms with Crippen LogP contribution in [0, 0.1) is 16.6 Å². The minimum absolute atomic E-state index is 0.0525. The van der Waals surface area contributed by atoms with Gasteiger partial charge in [0.1, 0.15) is 23.2 Å². The van der Waals surface area contributed by atoms with Crippen LogP contribution in [0.2, 0.25) is 0 Å². The Labute approximate surface area is 223 Å². The summed E-state index contributed by atoms with van der Waals surface area (Å²) >= 11 is 0. The fourth-order valence-electron chi connectivity index (χ4n) is 5.87. The number of halogens is 3. The van der Waals surface area contributed by atoms with Gasteiger partial charge in [-0.1, -0.05) is 13.0 Å². The Morgan fingerprint density at radius 2 is 1.85 bits per heavy atom. The number of H-pyrrole nitrogens is 1. The van der Waals surface area contributed by atoms with E-state index in [-0.39, 0.29) is 29.0 Å². The van der Waals surface area contributed by atoms with Gasteiger partial charge in [-0.3, -0.25) is 14.7 Å². The van der Waals surface area contributed by atoms with E-state index in [1.165, 1.54) is 26.4 Å². The van der Waals surface area contributed by atoms with Crippen LogP contribution in [0.15, 0.2) is 24.5 Å². The molecule has 0 saturated heterocycles. The molecule has 3 aliphatic rings. The van der Waals surface area contributed by atoms with Crippen molar-refractivity contribution in [3.8, 4) is 0 Å². The maximum Gasteiger partial charge on any atom is 0.311 e. The third-order valence-electron chi connectivity index (χ3n) is 8.54. The molecule has 1 amide bonds. The zero-order valence-electron chi connectivity index (χ0n) is 21.9. The number of hydrogen-bond donors (Lipinski definition) is 3. The largest absolute Gasteiger partial charge is 0.469 e. The van der Waals surface area contributed by atoms with Gasteiger partial charge in [-0.15, -0.1) is 0 Å². The Morgan fingerprint density at radius 3 is 2.51 bits per heavy atom. The monoisotopic (exact) mass is 544 g/mol. The summed E-state index contributed by atoms with van der Waals surface area (Å²) in [6.07, 6.45) is 5.88. The second kappa shape index (κ2) is 10.1. The van der Waals surface area contributed by atoms with E-state index in [1.807, 2.05) is 0 Å². The van der Waals surface area contributed by atoms with Crippen molar-refractivity contribution >= 4 is 28.7 Å². The van der Waals surface area contributed by atoms with Crippen LogP contribution in [0.4, 0.5) is 19.0 Å². The lowest BCUT2D eigenvalue weighted by molar-refractivity contribution is -0.162. The summed E-state index contributed by atoms with van der Waals surface area (Å²) in [5.41, 5.74) is 0.183. The van der Waals surface area contributed by atoms with E-state index in [4.69, 9.17) is 4.74 Å². The molecule has 3 fully saturated rings. The zero-order chi connectivity index (χ0) is 27.8. The van der Waals surface area contributed by atoms with E-state index in [2.05, 4.69) is 30.8 Å². The van der Waals surface area contributed by atoms with Gasteiger partial charge in [-0.2, -0.15) is 5.10 Å². The first-order chi connectivity index (χ1) is 18.6. The van der Waals surface area contributed by atoms with Crippen LogP contribution in [0.25, 0.3) is 11.0 Å². The van der Waals surface area contributed by atoms with Crippen LogP contribution in [0.3, 0.4) is 0 Å². The number of carbonyl (C=O) groups is 2. The highest BCUT2D eigenvalue weighted by Crippen LogP contribution is 2.57. The van der Waals surface area contributed by atoms with Gasteiger partial charge in [-0.05, 0) is 61.6 Å². The first-order valence-electron chi connectivity index (χ1n) is 13.1. The number of aromatic amines is 1. The molecular weight excluding hydrogens is 513 g/mol. The molecular formula is C27H31F3N6O3. The molecule has 0 atom stereocenters. The van der Waals surface area contributed by atoms with E-state index in [0.717, 1.165) is 50.7 Å². The average Bonchev–Trinajstić information content (AvgIpc) is 3.39. The summed E-state index contributed by atoms with van der Waals surface area (Å²) in [6, 6.07) is 3.39. The van der Waals surface area contributed by atoms with Crippen molar-refractivity contribution in [2.45, 2.75) is 64.3 Å². The Hall–Kier alpha value is -3.70. The lowest BCUT2D eigenvalue weighted by Crippen LogP contribution is -2.48. The average molecular weight is 545 g/mol. The molecule has 3 saturated carbocycles. The number of fused-ring (bicyclic) bond motifs is 4. The molecule has 0 unspecified atom stereocenters. The smallest absolute Gasteiger partial charge is 0.311 e. The first-order valence-corrected chi connectivity index (χ1v) is 13.1. The van der Waals surface area contributed by atoms with Gasteiger partial charge in [0.15, 0.2) is 11.5 Å². The van der Waals surface area contributed by atoms with E-state index in [9.17, 15) is 22.8 Å². The highest BCUT2D eigenvalue weighted by Gasteiger charge is 2.53. The van der Waals surface area contributed by atoms with Gasteiger partial charge in [-0.25, -0.2) is 23.1 Å². The van der Waals surface area contributed by atoms with Gasteiger partial charge in [0.25, 0.3) is 11.8 Å². The molecule has 12 heteroatoms. The lowest BCUT2D eigenvalue weighted by Gasteiger charge is -2.51. The standard InChI is InChI=1S/C27H31F3N6O3/c1-3-27(29,30)17-12-16(4-5-18(17)28)13-31-23(37)21-19-20(33-15-34-21)22(36-35-19)32-14-25-6-9-26(10-7-25,11-8-25)24(38)39-2/h4-5,12,15H,3,6-11,13-14H2,1-2H3,(H,31,37)(H2,32,35,36). The fourth-order valence-corrected chi connectivity index (χ4v) is 5.87. The van der Waals surface area contributed by atoms with Crippen molar-refractivity contribution in [1.29, 1.82) is 0 Å². The quantitative estimate of drug-likeness (QED) is 0.329. The summed E-state index contributed by atoms with van der Waals surface area (Å²) in [6.45, 7) is 1.85. The van der Waals surface area contributed by atoms with Crippen LogP contribution in [0.1, 0.15) is 73.5 Å². The molecule has 1 aromatic carbocycles. The second-order valence-electron chi connectivity index (χ2n) is 10.7. The topological polar surface area (TPSA) is 122 Å². The summed E-state index contributed by atoms with van der Waals surface area (Å²) in [5, 5.41) is 13.2. The van der Waals surface area contributed by atoms with Crippen molar-refractivity contribution in [3.05, 3.63) is 47.2 Å². The van der Waals surface area contributed by atoms with Crippen molar-refractivity contribution in [2.75, 3.05) is 19.0 Å². The summed E-state index contributed by atoms with van der Waals surface area (Å²) < 4.78 is 47.2. The third kappa shape index (κ3) is 4.92. The maximum absolute atomic E-state index is 14.1. The summed E-state index contributed by atoms with van der Waals surface area (Å²) in [4.78, 5) is 33.6. The van der Waals surface area contributed by atoms with Gasteiger partial charge in [0.2, 0.25) is 0 Å². The van der Waals surface area contributed by atoms with Crippen molar-refractivity contribution < 1.29 is 27.5 Å². The molecule has 3 aromatic rings. The van der Waals surface area contributed by atoms with Crippen LogP contribution in [-0.4, -0.2) is 45.7 Å². The molecule has 3 N–H and O–H groups in total. The predicted octanol–water partition coefficient (Wildman–Crippen LogP) is 4.85. The summed E-state index contributed by atoms with van der Waals surface area (Å²) in [7, 11) is 1.45. The number of aromatic nitrogens is 4. The van der Waals surface area contributed by atoms with Crippen molar-refractivity contribution in [1.82, 2.24) is 25.5 Å². The molecule has 0 radical (unpaired) electrons. The van der Waals surface area contributed by atoms with Crippen LogP contribution in [0.5, 0.6) is 0 Å². The molecule has 2 aromatic heterocycles. The van der Waals surface area contributed by atoms with E-state index in [1.54, 1.807) is 0 Å². The first kappa shape index (κ1) is 26.9. The van der Waals surface area contributed by atoms with Gasteiger partial charge < -0.3 is 15.4 Å². The third-order valence-corrected chi connectivity index (χ3v) is 8.54. The Bertz CT molecular complexity index is 1380. The highest BCUT2D eigenvalue weighted by molar-refractivity contribution is 6.04. The van der Waals surface area contributed by atoms with Gasteiger partial charge in [0.05, 0.1) is 18.1 Å². The Morgan fingerprint density at radius 1 is 1.13 bits per heavy atom. The Kier molecular flexibility index (Phi) is 6.98. The minimum Gasteiger partial charge on any atom is -0.469 e. The van der Waals surface area contributed by atoms with Crippen molar-refractivity contribution in [3.63, 3.8) is 0 Å². The number of rotatable bonds is 9. The van der Waals surface area contributed by atoms with Crippen LogP contribution in [-0.2, 0) is 22.0 Å². The maximum atomic E-state index is 14.1. The number of nitrogens with one attached hydrogen (secondary N) is 3. The normalized spacial score (nSPS) is 22.6. The Balaban J connectivity index is 1.26. The number of amides is 1. The molecule has 9 nitrogen and oxygen atoms in total. The summed E-state index contributed by atoms with van der Waals surface area (Å²) in [5.74, 6) is -4.46. The molecule has 2 heterocycles. The molecule has 2 bridgehead atoms. The number of ether oxygens (including phenoxy) is 1. The molecule has 6 rings (SSSR count). The molecule has 39 heavy (non-hydrogen) atoms. The predicted molar refractivity (Wildman–Crippen MR) is 137 cm³/mol. The van der Waals surface area contributed by atoms with E-state index in [0.29, 0.717) is 29.0 Å². The number of anilines is 1. The van der Waals surface area contributed by atoms with Gasteiger partial charge >= 0.3 is 5.97 Å². The number of nitrogens with zero attached hydrogens (tertiary/aromatic N) is 3. The van der Waals surface area contributed by atoms with Crippen LogP contribution < -0.4 is 10.6 Å². The number of hydrogen-bond acceptors (Lipinski definition) is 7. The van der Waals surface area contributed by atoms with E-state index >= 15 is 0 Å². The number of carbonyl (C=O) groups excluding carboxylic acids is 2. The number of esters is 1. The lowest BCUT2D eigenvalue weighted by atomic mass is 9.53. The minimum atomic E-state index is -3.30. The van der Waals surface area contributed by atoms with Crippen molar-refractivity contribution in [2.24, 2.45) is 10.8 Å². The van der Waals surface area contributed by atoms with E-state index < -0.39 is 29.6 Å². The fraction of sp³-hybridized carbons (Fsp3) is 0.519. The molecule has 0 aliphatic heterocycles. The second-order valence-corrected chi connectivity index (χ2v) is 10.7. The molecule has 3 aliphatic carbocycles. The SMILES string of the molecule is CCC(F)(F)c1cc(CNC(=O)c2ncnc3c(NCC45CCC(C(=O)OC)(CC4)CC5)n[nH]c23)ccc1F. The molecule has 208 valence electrons. The number of alkyl halides is 2. The number of benzene rings is 1. The number of methoxy groups -OCH3 is 1. The highest BCUT2D eigenvalue weighted by atomic mass is 19.3. The molecule has 0 spiro atoms. The zero-order valence-corrected chi connectivity index (χ0v) is 21.9.